The maximum atomic E-state index is 10.2. The summed E-state index contributed by atoms with van der Waals surface area (Å²) in [4.78, 5) is 9.14. The van der Waals surface area contributed by atoms with Crippen LogP contribution < -0.4 is 9.47 Å². The molecular formula is C28H20N3O3Pt-. The molecule has 176 valence electrons. The Morgan fingerprint density at radius 3 is 2.54 bits per heavy atom. The van der Waals surface area contributed by atoms with Crippen molar-refractivity contribution in [2.24, 2.45) is 0 Å². The number of aromatic nitrogens is 3. The molecule has 0 unspecified atom stereocenters. The van der Waals surface area contributed by atoms with Crippen molar-refractivity contribution in [2.75, 3.05) is 7.11 Å². The van der Waals surface area contributed by atoms with Crippen LogP contribution in [0.3, 0.4) is 0 Å². The molecule has 6 aromatic rings. The number of phenols is 1. The maximum Gasteiger partial charge on any atom is 0.217 e. The zero-order valence-corrected chi connectivity index (χ0v) is 21.2. The Labute approximate surface area is 216 Å². The number of pyridine rings is 2. The van der Waals surface area contributed by atoms with Gasteiger partial charge in [0.15, 0.2) is 0 Å². The molecule has 6 nitrogen and oxygen atoms in total. The Balaban J connectivity index is 0.00000253. The summed E-state index contributed by atoms with van der Waals surface area (Å²) in [7, 11) is 1.61. The fraction of sp³-hybridized carbons (Fsp3) is 0.0714. The van der Waals surface area contributed by atoms with Crippen molar-refractivity contribution in [1.82, 2.24) is 14.5 Å². The van der Waals surface area contributed by atoms with Gasteiger partial charge in [-0.2, -0.15) is 11.1 Å². The van der Waals surface area contributed by atoms with Gasteiger partial charge < -0.3 is 19.1 Å². The van der Waals surface area contributed by atoms with E-state index in [9.17, 15) is 5.11 Å². The molecule has 3 aromatic heterocycles. The van der Waals surface area contributed by atoms with Crippen LogP contribution in [0.1, 0.15) is 5.56 Å². The maximum absolute atomic E-state index is 10.2. The van der Waals surface area contributed by atoms with Crippen LogP contribution in [-0.2, 0) is 21.1 Å². The minimum atomic E-state index is 0. The molecule has 3 aromatic carbocycles. The van der Waals surface area contributed by atoms with E-state index in [-0.39, 0.29) is 26.8 Å². The SMILES string of the molecule is COc1cccc(-n2c3[c-]c(Oc4ccc5cccc(O)c5n4)ccc3c3ccc(C)cc32)n1.[Pt]. The second kappa shape index (κ2) is 9.04. The molecule has 0 aliphatic rings. The van der Waals surface area contributed by atoms with Crippen molar-refractivity contribution >= 4 is 32.7 Å². The van der Waals surface area contributed by atoms with E-state index < -0.39 is 0 Å². The molecule has 3 heterocycles. The monoisotopic (exact) mass is 641 g/mol. The topological polar surface area (TPSA) is 69.4 Å². The minimum absolute atomic E-state index is 0. The normalized spacial score (nSPS) is 11.0. The van der Waals surface area contributed by atoms with Gasteiger partial charge in [0.1, 0.15) is 17.1 Å². The Morgan fingerprint density at radius 1 is 0.857 bits per heavy atom. The van der Waals surface area contributed by atoms with Gasteiger partial charge in [-0.3, -0.25) is 0 Å². The zero-order chi connectivity index (χ0) is 23.2. The number of para-hydroxylation sites is 1. The molecule has 7 heteroatoms. The fourth-order valence-corrected chi connectivity index (χ4v) is 4.25. The first-order valence-electron chi connectivity index (χ1n) is 10.9. The van der Waals surface area contributed by atoms with Gasteiger partial charge >= 0.3 is 0 Å². The molecule has 0 fully saturated rings. The summed E-state index contributed by atoms with van der Waals surface area (Å²) in [5.41, 5.74) is 3.50. The first kappa shape index (κ1) is 22.9. The van der Waals surface area contributed by atoms with Gasteiger partial charge in [0.2, 0.25) is 11.8 Å². The molecule has 0 bridgehead atoms. The molecule has 0 saturated heterocycles. The van der Waals surface area contributed by atoms with Crippen molar-refractivity contribution in [1.29, 1.82) is 0 Å². The number of aromatic hydroxyl groups is 1. The average Bonchev–Trinajstić information content (AvgIpc) is 3.17. The van der Waals surface area contributed by atoms with Gasteiger partial charge in [-0.15, -0.1) is 17.5 Å². The molecule has 0 saturated carbocycles. The molecule has 0 spiro atoms. The van der Waals surface area contributed by atoms with E-state index in [2.05, 4.69) is 45.7 Å². The third-order valence-corrected chi connectivity index (χ3v) is 5.84. The van der Waals surface area contributed by atoms with Crippen molar-refractivity contribution in [3.05, 3.63) is 90.5 Å². The van der Waals surface area contributed by atoms with Crippen molar-refractivity contribution in [2.45, 2.75) is 6.92 Å². The smallest absolute Gasteiger partial charge is 0.217 e. The summed E-state index contributed by atoms with van der Waals surface area (Å²) in [5.74, 6) is 2.27. The van der Waals surface area contributed by atoms with Crippen LogP contribution in [0.4, 0.5) is 0 Å². The molecule has 35 heavy (non-hydrogen) atoms. The predicted octanol–water partition coefficient (Wildman–Crippen LogP) is 6.34. The number of hydrogen-bond acceptors (Lipinski definition) is 5. The molecular weight excluding hydrogens is 621 g/mol. The largest absolute Gasteiger partial charge is 0.506 e. The van der Waals surface area contributed by atoms with E-state index in [4.69, 9.17) is 9.47 Å². The Bertz CT molecular complexity index is 1710. The van der Waals surface area contributed by atoms with Crippen LogP contribution in [0.25, 0.3) is 38.5 Å². The molecule has 0 aliphatic heterocycles. The van der Waals surface area contributed by atoms with Gasteiger partial charge in [-0.05, 0) is 42.1 Å². The van der Waals surface area contributed by atoms with Crippen molar-refractivity contribution < 1.29 is 35.6 Å². The molecule has 0 atom stereocenters. The molecule has 6 rings (SSSR count). The Kier molecular flexibility index (Phi) is 5.91. The van der Waals surface area contributed by atoms with E-state index >= 15 is 0 Å². The second-order valence-corrected chi connectivity index (χ2v) is 8.08. The number of phenolic OH excluding ortho intramolecular Hbond substituents is 1. The average molecular weight is 642 g/mol. The van der Waals surface area contributed by atoms with Gasteiger partial charge in [-0.1, -0.05) is 35.8 Å². The predicted molar refractivity (Wildman–Crippen MR) is 132 cm³/mol. The number of benzene rings is 3. The van der Waals surface area contributed by atoms with Gasteiger partial charge in [0, 0.05) is 49.9 Å². The van der Waals surface area contributed by atoms with Crippen LogP contribution in [0.5, 0.6) is 23.3 Å². The van der Waals surface area contributed by atoms with E-state index in [1.54, 1.807) is 25.3 Å². The number of rotatable bonds is 4. The first-order valence-corrected chi connectivity index (χ1v) is 10.9. The second-order valence-electron chi connectivity index (χ2n) is 8.08. The summed E-state index contributed by atoms with van der Waals surface area (Å²) in [6.07, 6.45) is 0. The zero-order valence-electron chi connectivity index (χ0n) is 18.9. The van der Waals surface area contributed by atoms with E-state index in [0.717, 1.165) is 38.6 Å². The van der Waals surface area contributed by atoms with E-state index in [1.807, 2.05) is 42.5 Å². The number of hydrogen-bond donors (Lipinski definition) is 1. The number of fused-ring (bicyclic) bond motifs is 4. The van der Waals surface area contributed by atoms with E-state index in [1.165, 1.54) is 0 Å². The summed E-state index contributed by atoms with van der Waals surface area (Å²) in [5, 5.41) is 13.1. The summed E-state index contributed by atoms with van der Waals surface area (Å²) < 4.78 is 13.5. The number of aryl methyl sites for hydroxylation is 1. The van der Waals surface area contributed by atoms with Crippen LogP contribution in [-0.4, -0.2) is 26.8 Å². The minimum Gasteiger partial charge on any atom is -0.506 e. The summed E-state index contributed by atoms with van der Waals surface area (Å²) >= 11 is 0. The molecule has 0 radical (unpaired) electrons. The standard InChI is InChI=1S/C28H20N3O3.Pt/c1-17-9-12-20-21-13-11-19(34-27-14-10-18-5-3-6-24(32)28(18)30-27)16-23(21)31(22(20)15-17)25-7-4-8-26(29-25)33-2;/h3-15,32H,1-2H3;/q-1;. The van der Waals surface area contributed by atoms with E-state index in [0.29, 0.717) is 23.0 Å². The Hall–Kier alpha value is -3.89. The quantitative estimate of drug-likeness (QED) is 0.228. The third kappa shape index (κ3) is 4.00. The summed E-state index contributed by atoms with van der Waals surface area (Å²) in [6, 6.07) is 28.3. The fourth-order valence-electron chi connectivity index (χ4n) is 4.25. The Morgan fingerprint density at radius 2 is 1.69 bits per heavy atom. The molecule has 0 aliphatic carbocycles. The summed E-state index contributed by atoms with van der Waals surface area (Å²) in [6.45, 7) is 2.07. The van der Waals surface area contributed by atoms with Crippen molar-refractivity contribution in [3.63, 3.8) is 0 Å². The first-order chi connectivity index (χ1) is 16.6. The van der Waals surface area contributed by atoms with Crippen LogP contribution >= 0.6 is 0 Å². The van der Waals surface area contributed by atoms with Gasteiger partial charge in [0.25, 0.3) is 0 Å². The number of methoxy groups -OCH3 is 1. The molecule has 0 amide bonds. The van der Waals surface area contributed by atoms with Gasteiger partial charge in [-0.25, -0.2) is 4.98 Å². The third-order valence-electron chi connectivity index (χ3n) is 5.84. The molecule has 1 N–H and O–H groups in total. The van der Waals surface area contributed by atoms with Crippen LogP contribution in [0, 0.1) is 13.0 Å². The number of nitrogens with zero attached hydrogens (tertiary/aromatic N) is 3. The van der Waals surface area contributed by atoms with Crippen LogP contribution in [0.2, 0.25) is 0 Å². The van der Waals surface area contributed by atoms with Crippen molar-refractivity contribution in [3.8, 4) is 29.1 Å². The van der Waals surface area contributed by atoms with Crippen LogP contribution in [0.15, 0.2) is 78.9 Å². The van der Waals surface area contributed by atoms with Gasteiger partial charge in [0.05, 0.1) is 7.11 Å². The number of ether oxygens (including phenoxy) is 2.